The van der Waals surface area contributed by atoms with Crippen LogP contribution in [0.1, 0.15) is 32.8 Å². The predicted octanol–water partition coefficient (Wildman–Crippen LogP) is 4.27. The average Bonchev–Trinajstić information content (AvgIpc) is 3.27. The molecule has 1 aromatic heterocycles. The van der Waals surface area contributed by atoms with Crippen LogP contribution in [0, 0.1) is 5.82 Å². The van der Waals surface area contributed by atoms with Gasteiger partial charge >= 0.3 is 6.03 Å². The maximum Gasteiger partial charge on any atom is 0.328 e. The zero-order valence-corrected chi connectivity index (χ0v) is 21.8. The third kappa shape index (κ3) is 5.43. The van der Waals surface area contributed by atoms with E-state index in [-0.39, 0.29) is 41.6 Å². The number of hydrogen-bond donors (Lipinski definition) is 2. The number of carbonyl (C=O) groups is 2. The molecule has 1 aliphatic heterocycles. The van der Waals surface area contributed by atoms with Crippen LogP contribution in [0.25, 0.3) is 22.8 Å². The number of ether oxygens (including phenoxy) is 1. The lowest BCUT2D eigenvalue weighted by Gasteiger charge is -2.30. The van der Waals surface area contributed by atoms with Gasteiger partial charge in [-0.3, -0.25) is 19.7 Å². The first-order chi connectivity index (χ1) is 17.3. The summed E-state index contributed by atoms with van der Waals surface area (Å²) in [4.78, 5) is 29.6. The van der Waals surface area contributed by atoms with Gasteiger partial charge in [-0.1, -0.05) is 32.9 Å². The topological polar surface area (TPSA) is 131 Å². The minimum Gasteiger partial charge on any atom is -0.495 e. The number of carbonyl (C=O) groups excluding carboxylic acids is 2. The van der Waals surface area contributed by atoms with E-state index in [4.69, 9.17) is 9.15 Å². The maximum atomic E-state index is 16.1. The number of hydrogen-bond acceptors (Lipinski definition) is 7. The number of benzene rings is 2. The van der Waals surface area contributed by atoms with Crippen molar-refractivity contribution in [2.45, 2.75) is 32.6 Å². The van der Waals surface area contributed by atoms with E-state index < -0.39 is 33.2 Å². The maximum absolute atomic E-state index is 16.1. The Morgan fingerprint density at radius 2 is 1.95 bits per heavy atom. The fourth-order valence-corrected chi connectivity index (χ4v) is 4.61. The molecule has 0 spiro atoms. The molecule has 0 aliphatic carbocycles. The van der Waals surface area contributed by atoms with Gasteiger partial charge in [-0.25, -0.2) is 22.6 Å². The van der Waals surface area contributed by atoms with Crippen LogP contribution < -0.4 is 19.7 Å². The summed E-state index contributed by atoms with van der Waals surface area (Å²) in [7, 11) is -2.09. The van der Waals surface area contributed by atoms with Crippen molar-refractivity contribution in [3.8, 4) is 28.5 Å². The first-order valence-corrected chi connectivity index (χ1v) is 13.2. The van der Waals surface area contributed by atoms with Gasteiger partial charge in [0.1, 0.15) is 11.3 Å². The molecule has 2 N–H and O–H groups in total. The summed E-state index contributed by atoms with van der Waals surface area (Å²) in [5.41, 5.74) is 0.796. The highest BCUT2D eigenvalue weighted by atomic mass is 32.2. The van der Waals surface area contributed by atoms with Crippen LogP contribution in [-0.2, 0) is 20.2 Å². The van der Waals surface area contributed by atoms with Gasteiger partial charge in [-0.15, -0.1) is 0 Å². The molecular weight excluding hydrogens is 503 g/mol. The first kappa shape index (κ1) is 26.1. The Kier molecular flexibility index (Phi) is 6.72. The highest BCUT2D eigenvalue weighted by Crippen LogP contribution is 2.45. The Hall–Kier alpha value is -3.93. The molecule has 12 heteroatoms. The molecule has 0 saturated carbocycles. The molecule has 3 aromatic rings. The molecule has 2 heterocycles. The SMILES string of the molecule is COc1c(C(C)(C)C)cc(N2CCC(=O)NC2=O)c(F)c1-c1ncc(-c2cccc(NS(C)(=O)=O)c2)o1. The van der Waals surface area contributed by atoms with Gasteiger partial charge in [0.15, 0.2) is 11.6 Å². The van der Waals surface area contributed by atoms with Crippen LogP contribution in [0.3, 0.4) is 0 Å². The molecule has 0 radical (unpaired) electrons. The summed E-state index contributed by atoms with van der Waals surface area (Å²) in [5, 5.41) is 2.21. The largest absolute Gasteiger partial charge is 0.495 e. The van der Waals surface area contributed by atoms with Crippen molar-refractivity contribution >= 4 is 33.3 Å². The number of amides is 3. The van der Waals surface area contributed by atoms with Crippen molar-refractivity contribution in [3.05, 3.63) is 47.9 Å². The van der Waals surface area contributed by atoms with Gasteiger partial charge in [0.25, 0.3) is 0 Å². The Balaban J connectivity index is 1.86. The molecule has 37 heavy (non-hydrogen) atoms. The standard InChI is InChI=1S/C25H27FN4O6S/c1-25(2,3)16-12-17(30-10-9-19(31)28-24(30)32)21(26)20(22(16)35-4)23-27-13-18(36-23)14-7-6-8-15(11-14)29-37(5,33)34/h6-8,11-13,29H,9-10H2,1-5H3,(H,28,31,32). The Labute approximate surface area is 213 Å². The van der Waals surface area contributed by atoms with Gasteiger partial charge < -0.3 is 9.15 Å². The van der Waals surface area contributed by atoms with Crippen LogP contribution in [-0.4, -0.2) is 45.3 Å². The molecule has 1 aliphatic rings. The van der Waals surface area contributed by atoms with Crippen molar-refractivity contribution in [2.24, 2.45) is 0 Å². The fourth-order valence-electron chi connectivity index (χ4n) is 4.05. The second-order valence-corrected chi connectivity index (χ2v) is 11.4. The minimum atomic E-state index is -3.49. The van der Waals surface area contributed by atoms with Crippen LogP contribution in [0.2, 0.25) is 0 Å². The first-order valence-electron chi connectivity index (χ1n) is 11.3. The minimum absolute atomic E-state index is 0.00784. The summed E-state index contributed by atoms with van der Waals surface area (Å²) in [6, 6.07) is 7.28. The van der Waals surface area contributed by atoms with Crippen molar-refractivity contribution in [3.63, 3.8) is 0 Å². The Morgan fingerprint density at radius 1 is 1.22 bits per heavy atom. The Morgan fingerprint density at radius 3 is 2.57 bits per heavy atom. The Bertz CT molecular complexity index is 1490. The number of rotatable bonds is 6. The number of sulfonamides is 1. The second-order valence-electron chi connectivity index (χ2n) is 9.66. The van der Waals surface area contributed by atoms with Gasteiger partial charge in [0, 0.05) is 29.8 Å². The monoisotopic (exact) mass is 530 g/mol. The summed E-state index contributed by atoms with van der Waals surface area (Å²) < 4.78 is 53.3. The molecule has 0 unspecified atom stereocenters. The van der Waals surface area contributed by atoms with Crippen LogP contribution >= 0.6 is 0 Å². The molecule has 196 valence electrons. The lowest BCUT2D eigenvalue weighted by molar-refractivity contribution is -0.120. The summed E-state index contributed by atoms with van der Waals surface area (Å²) >= 11 is 0. The van der Waals surface area contributed by atoms with Crippen LogP contribution in [0.4, 0.5) is 20.6 Å². The molecule has 4 rings (SSSR count). The van der Waals surface area contributed by atoms with Gasteiger partial charge in [-0.2, -0.15) is 0 Å². The zero-order chi connectivity index (χ0) is 27.1. The number of aromatic nitrogens is 1. The molecular formula is C25H27FN4O6S. The molecule has 2 aromatic carbocycles. The fraction of sp³-hybridized carbons (Fsp3) is 0.320. The summed E-state index contributed by atoms with van der Waals surface area (Å²) in [6.07, 6.45) is 2.46. The summed E-state index contributed by atoms with van der Waals surface area (Å²) in [6.45, 7) is 5.75. The van der Waals surface area contributed by atoms with E-state index in [0.717, 1.165) is 6.26 Å². The highest BCUT2D eigenvalue weighted by Gasteiger charge is 2.34. The third-order valence-electron chi connectivity index (χ3n) is 5.72. The number of anilines is 2. The molecule has 0 bridgehead atoms. The number of nitrogens with zero attached hydrogens (tertiary/aromatic N) is 2. The van der Waals surface area contributed by atoms with E-state index in [1.807, 2.05) is 20.8 Å². The number of oxazole rings is 1. The average molecular weight is 531 g/mol. The number of halogens is 1. The molecule has 1 fully saturated rings. The van der Waals surface area contributed by atoms with Gasteiger partial charge in [0.05, 0.1) is 25.2 Å². The predicted molar refractivity (Wildman–Crippen MR) is 137 cm³/mol. The molecule has 0 atom stereocenters. The lowest BCUT2D eigenvalue weighted by atomic mass is 9.84. The van der Waals surface area contributed by atoms with Gasteiger partial charge in [-0.05, 0) is 23.6 Å². The number of imide groups is 1. The molecule has 3 amide bonds. The lowest BCUT2D eigenvalue weighted by Crippen LogP contribution is -2.50. The van der Waals surface area contributed by atoms with E-state index in [2.05, 4.69) is 15.0 Å². The quantitative estimate of drug-likeness (QED) is 0.487. The van der Waals surface area contributed by atoms with Crippen molar-refractivity contribution in [1.29, 1.82) is 0 Å². The summed E-state index contributed by atoms with van der Waals surface area (Å²) in [5.74, 6) is -0.862. The molecule has 1 saturated heterocycles. The van der Waals surface area contributed by atoms with Gasteiger partial charge in [0.2, 0.25) is 21.8 Å². The normalized spacial score (nSPS) is 14.5. The van der Waals surface area contributed by atoms with Crippen molar-refractivity contribution in [2.75, 3.05) is 29.5 Å². The third-order valence-corrected chi connectivity index (χ3v) is 6.33. The van der Waals surface area contributed by atoms with E-state index in [1.165, 1.54) is 24.3 Å². The van der Waals surface area contributed by atoms with E-state index in [1.54, 1.807) is 24.3 Å². The number of methoxy groups -OCH3 is 1. The van der Waals surface area contributed by atoms with E-state index in [0.29, 0.717) is 16.8 Å². The van der Waals surface area contributed by atoms with Crippen LogP contribution in [0.5, 0.6) is 5.75 Å². The second kappa shape index (κ2) is 9.51. The smallest absolute Gasteiger partial charge is 0.328 e. The highest BCUT2D eigenvalue weighted by molar-refractivity contribution is 7.92. The van der Waals surface area contributed by atoms with E-state index >= 15 is 4.39 Å². The van der Waals surface area contributed by atoms with Crippen molar-refractivity contribution in [1.82, 2.24) is 10.3 Å². The molecule has 10 nitrogen and oxygen atoms in total. The van der Waals surface area contributed by atoms with E-state index in [9.17, 15) is 18.0 Å². The number of urea groups is 1. The van der Waals surface area contributed by atoms with Crippen LogP contribution in [0.15, 0.2) is 40.9 Å². The zero-order valence-electron chi connectivity index (χ0n) is 21.0. The van der Waals surface area contributed by atoms with Crippen molar-refractivity contribution < 1.29 is 31.6 Å². The number of nitrogens with one attached hydrogen (secondary N) is 2.